The lowest BCUT2D eigenvalue weighted by Crippen LogP contribution is -2.55. The standard InChI is InChI=1S/C29H37N5O2S/c1-3-4-5-6-13-18-26(35)33-20-19-32(21-23(33)2)27(36)22-37-29-31-30-28(24-14-9-7-10-15-24)34(29)25-16-11-8-12-17-25/h7-12,14-17,23H,3-6,13,18-22H2,1-2H3. The maximum atomic E-state index is 13.1. The molecule has 1 unspecified atom stereocenters. The fraction of sp³-hybridized carbons (Fsp3) is 0.448. The lowest BCUT2D eigenvalue weighted by atomic mass is 10.1. The van der Waals surface area contributed by atoms with Gasteiger partial charge in [-0.2, -0.15) is 0 Å². The molecule has 7 nitrogen and oxygen atoms in total. The van der Waals surface area contributed by atoms with Gasteiger partial charge in [0.2, 0.25) is 11.8 Å². The van der Waals surface area contributed by atoms with E-state index >= 15 is 0 Å². The fourth-order valence-electron chi connectivity index (χ4n) is 4.74. The van der Waals surface area contributed by atoms with Crippen molar-refractivity contribution in [3.05, 3.63) is 60.7 Å². The Kier molecular flexibility index (Phi) is 9.77. The predicted octanol–water partition coefficient (Wildman–Crippen LogP) is 5.45. The Morgan fingerprint density at radius 3 is 2.30 bits per heavy atom. The van der Waals surface area contributed by atoms with Gasteiger partial charge in [0.15, 0.2) is 11.0 Å². The van der Waals surface area contributed by atoms with Crippen LogP contribution < -0.4 is 0 Å². The first kappa shape index (κ1) is 26.9. The van der Waals surface area contributed by atoms with Crippen LogP contribution in [0.5, 0.6) is 0 Å². The summed E-state index contributed by atoms with van der Waals surface area (Å²) in [5, 5.41) is 9.58. The molecule has 1 aromatic heterocycles. The van der Waals surface area contributed by atoms with Crippen LogP contribution in [0.15, 0.2) is 65.8 Å². The van der Waals surface area contributed by atoms with Crippen LogP contribution in [0.3, 0.4) is 0 Å². The van der Waals surface area contributed by atoms with Crippen molar-refractivity contribution in [2.24, 2.45) is 0 Å². The van der Waals surface area contributed by atoms with Gasteiger partial charge >= 0.3 is 0 Å². The normalized spacial score (nSPS) is 15.7. The van der Waals surface area contributed by atoms with Crippen molar-refractivity contribution >= 4 is 23.6 Å². The number of amides is 2. The van der Waals surface area contributed by atoms with Gasteiger partial charge in [0.05, 0.1) is 5.75 Å². The molecule has 2 amide bonds. The Bertz CT molecular complexity index is 1150. The smallest absolute Gasteiger partial charge is 0.233 e. The molecule has 0 bridgehead atoms. The molecule has 1 fully saturated rings. The third kappa shape index (κ3) is 7.01. The van der Waals surface area contributed by atoms with E-state index in [1.54, 1.807) is 0 Å². The molecule has 2 aromatic carbocycles. The molecule has 37 heavy (non-hydrogen) atoms. The number of thioether (sulfide) groups is 1. The van der Waals surface area contributed by atoms with Gasteiger partial charge in [-0.25, -0.2) is 0 Å². The highest BCUT2D eigenvalue weighted by Crippen LogP contribution is 2.28. The second kappa shape index (κ2) is 13.4. The number of para-hydroxylation sites is 1. The summed E-state index contributed by atoms with van der Waals surface area (Å²) >= 11 is 1.40. The zero-order valence-electron chi connectivity index (χ0n) is 21.9. The van der Waals surface area contributed by atoms with Crippen molar-refractivity contribution in [2.75, 3.05) is 25.4 Å². The van der Waals surface area contributed by atoms with Crippen LogP contribution in [-0.2, 0) is 9.59 Å². The Labute approximate surface area is 224 Å². The quantitative estimate of drug-likeness (QED) is 0.249. The van der Waals surface area contributed by atoms with E-state index in [4.69, 9.17) is 0 Å². The van der Waals surface area contributed by atoms with Crippen LogP contribution in [0.25, 0.3) is 17.1 Å². The van der Waals surface area contributed by atoms with Gasteiger partial charge in [-0.05, 0) is 25.5 Å². The molecule has 0 aliphatic carbocycles. The highest BCUT2D eigenvalue weighted by Gasteiger charge is 2.29. The van der Waals surface area contributed by atoms with Crippen LogP contribution in [0, 0.1) is 0 Å². The molecule has 3 aromatic rings. The van der Waals surface area contributed by atoms with Gasteiger partial charge in [-0.3, -0.25) is 14.2 Å². The monoisotopic (exact) mass is 519 g/mol. The molecule has 1 aliphatic rings. The minimum absolute atomic E-state index is 0.0310. The third-order valence-electron chi connectivity index (χ3n) is 6.80. The van der Waals surface area contributed by atoms with Crippen molar-refractivity contribution in [2.45, 2.75) is 63.6 Å². The van der Waals surface area contributed by atoms with E-state index in [0.29, 0.717) is 31.2 Å². The highest BCUT2D eigenvalue weighted by molar-refractivity contribution is 7.99. The number of hydrogen-bond donors (Lipinski definition) is 0. The average molecular weight is 520 g/mol. The van der Waals surface area contributed by atoms with Crippen molar-refractivity contribution in [1.82, 2.24) is 24.6 Å². The molecule has 1 aliphatic heterocycles. The summed E-state index contributed by atoms with van der Waals surface area (Å²) < 4.78 is 2.01. The molecule has 196 valence electrons. The number of nitrogens with zero attached hydrogens (tertiary/aromatic N) is 5. The fourth-order valence-corrected chi connectivity index (χ4v) is 5.60. The van der Waals surface area contributed by atoms with Gasteiger partial charge in [0.1, 0.15) is 0 Å². The first-order valence-electron chi connectivity index (χ1n) is 13.3. The number of aromatic nitrogens is 3. The molecule has 4 rings (SSSR count). The number of carbonyl (C=O) groups excluding carboxylic acids is 2. The van der Waals surface area contributed by atoms with Gasteiger partial charge in [0.25, 0.3) is 0 Å². The summed E-state index contributed by atoms with van der Waals surface area (Å²) in [5.41, 5.74) is 1.92. The van der Waals surface area contributed by atoms with Crippen LogP contribution in [0.1, 0.15) is 52.4 Å². The van der Waals surface area contributed by atoms with Gasteiger partial charge < -0.3 is 9.80 Å². The molecule has 2 heterocycles. The van der Waals surface area contributed by atoms with Crippen molar-refractivity contribution < 1.29 is 9.59 Å². The van der Waals surface area contributed by atoms with Gasteiger partial charge in [-0.1, -0.05) is 92.9 Å². The SMILES string of the molecule is CCCCCCCC(=O)N1CCN(C(=O)CSc2nnc(-c3ccccc3)n2-c2ccccc2)CC1C. The molecule has 0 spiro atoms. The van der Waals surface area contributed by atoms with Gasteiger partial charge in [0, 0.05) is 43.3 Å². The molecule has 8 heteroatoms. The summed E-state index contributed by atoms with van der Waals surface area (Å²) in [5.74, 6) is 1.30. The van der Waals surface area contributed by atoms with Crippen LogP contribution >= 0.6 is 11.8 Å². The number of benzene rings is 2. The minimum atomic E-state index is 0.0310. The molecule has 1 atom stereocenters. The number of unbranched alkanes of at least 4 members (excludes halogenated alkanes) is 4. The summed E-state index contributed by atoms with van der Waals surface area (Å²) in [6.07, 6.45) is 6.31. The maximum Gasteiger partial charge on any atom is 0.233 e. The summed E-state index contributed by atoms with van der Waals surface area (Å²) in [6.45, 7) is 5.99. The van der Waals surface area contributed by atoms with Crippen molar-refractivity contribution in [1.29, 1.82) is 0 Å². The Balaban J connectivity index is 1.36. The molecule has 0 N–H and O–H groups in total. The van der Waals surface area contributed by atoms with E-state index in [9.17, 15) is 9.59 Å². The Hall–Kier alpha value is -3.13. The number of rotatable bonds is 11. The predicted molar refractivity (Wildman–Crippen MR) is 149 cm³/mol. The van der Waals surface area contributed by atoms with Crippen LogP contribution in [-0.4, -0.2) is 67.8 Å². The van der Waals surface area contributed by atoms with E-state index < -0.39 is 0 Å². The molecular weight excluding hydrogens is 482 g/mol. The zero-order chi connectivity index (χ0) is 26.0. The molecule has 0 saturated carbocycles. The number of piperazine rings is 1. The van der Waals surface area contributed by atoms with Crippen molar-refractivity contribution in [3.8, 4) is 17.1 Å². The van der Waals surface area contributed by atoms with E-state index in [0.717, 1.165) is 29.9 Å². The lowest BCUT2D eigenvalue weighted by Gasteiger charge is -2.40. The largest absolute Gasteiger partial charge is 0.338 e. The lowest BCUT2D eigenvalue weighted by molar-refractivity contribution is -0.141. The summed E-state index contributed by atoms with van der Waals surface area (Å²) in [4.78, 5) is 29.7. The van der Waals surface area contributed by atoms with Gasteiger partial charge in [-0.15, -0.1) is 10.2 Å². The Morgan fingerprint density at radius 2 is 1.59 bits per heavy atom. The first-order chi connectivity index (χ1) is 18.1. The second-order valence-electron chi connectivity index (χ2n) is 9.57. The molecule has 0 radical (unpaired) electrons. The average Bonchev–Trinajstić information content (AvgIpc) is 3.36. The van der Waals surface area contributed by atoms with E-state index in [1.807, 2.05) is 82.0 Å². The second-order valence-corrected chi connectivity index (χ2v) is 10.5. The van der Waals surface area contributed by atoms with Crippen LogP contribution in [0.4, 0.5) is 0 Å². The number of hydrogen-bond acceptors (Lipinski definition) is 5. The Morgan fingerprint density at radius 1 is 0.892 bits per heavy atom. The maximum absolute atomic E-state index is 13.1. The van der Waals surface area contributed by atoms with E-state index in [-0.39, 0.29) is 23.6 Å². The van der Waals surface area contributed by atoms with Crippen LogP contribution in [0.2, 0.25) is 0 Å². The number of carbonyl (C=O) groups is 2. The van der Waals surface area contributed by atoms with E-state index in [1.165, 1.54) is 31.0 Å². The minimum Gasteiger partial charge on any atom is -0.338 e. The highest BCUT2D eigenvalue weighted by atomic mass is 32.2. The topological polar surface area (TPSA) is 71.3 Å². The van der Waals surface area contributed by atoms with Crippen molar-refractivity contribution in [3.63, 3.8) is 0 Å². The van der Waals surface area contributed by atoms with E-state index in [2.05, 4.69) is 17.1 Å². The first-order valence-corrected chi connectivity index (χ1v) is 14.3. The summed E-state index contributed by atoms with van der Waals surface area (Å²) in [6, 6.07) is 20.0. The molecule has 1 saturated heterocycles. The summed E-state index contributed by atoms with van der Waals surface area (Å²) in [7, 11) is 0. The third-order valence-corrected chi connectivity index (χ3v) is 7.71. The molecular formula is C29H37N5O2S. The zero-order valence-corrected chi connectivity index (χ0v) is 22.7.